The van der Waals surface area contributed by atoms with E-state index in [1.165, 1.54) is 43.4 Å². The molecule has 7 heteroatoms. The predicted octanol–water partition coefficient (Wildman–Crippen LogP) is 3.75. The van der Waals surface area contributed by atoms with E-state index in [4.69, 9.17) is 9.72 Å². The van der Waals surface area contributed by atoms with Gasteiger partial charge in [0.1, 0.15) is 5.01 Å². The van der Waals surface area contributed by atoms with Crippen LogP contribution in [0.4, 0.5) is 0 Å². The van der Waals surface area contributed by atoms with E-state index >= 15 is 0 Å². The normalized spacial score (nSPS) is 15.4. The molecule has 0 spiro atoms. The zero-order chi connectivity index (χ0) is 16.4. The van der Waals surface area contributed by atoms with Gasteiger partial charge in [-0.05, 0) is 26.2 Å². The number of rotatable bonds is 6. The van der Waals surface area contributed by atoms with Crippen LogP contribution >= 0.6 is 22.7 Å². The molecule has 0 saturated heterocycles. The second-order valence-corrected chi connectivity index (χ2v) is 8.62. The zero-order valence-electron chi connectivity index (χ0n) is 13.7. The molecule has 0 radical (unpaired) electrons. The number of carbonyl (C=O) groups excluding carboxylic acids is 1. The van der Waals surface area contributed by atoms with E-state index in [9.17, 15) is 4.79 Å². The Hall–Kier alpha value is -1.34. The lowest BCUT2D eigenvalue weighted by Gasteiger charge is -2.24. The molecule has 2 heterocycles. The van der Waals surface area contributed by atoms with Crippen molar-refractivity contribution in [3.8, 4) is 10.0 Å². The Morgan fingerprint density at radius 2 is 2.13 bits per heavy atom. The van der Waals surface area contributed by atoms with Crippen molar-refractivity contribution < 1.29 is 9.53 Å². The van der Waals surface area contributed by atoms with Crippen molar-refractivity contribution in [3.63, 3.8) is 0 Å². The molecule has 3 rings (SSSR count). The van der Waals surface area contributed by atoms with Gasteiger partial charge in [0.05, 0.1) is 18.2 Å². The van der Waals surface area contributed by atoms with Gasteiger partial charge in [-0.15, -0.1) is 21.5 Å². The number of esters is 1. The zero-order valence-corrected chi connectivity index (χ0v) is 15.3. The molecular weight excluding hydrogens is 330 g/mol. The third-order valence-corrected chi connectivity index (χ3v) is 6.21. The van der Waals surface area contributed by atoms with Gasteiger partial charge in [0.2, 0.25) is 0 Å². The van der Waals surface area contributed by atoms with E-state index in [0.29, 0.717) is 6.42 Å². The SMILES string of the molecule is COC(=O)C(C)(C)Cc1nnc(-c2nc(CC3CCC3)cs2)s1. The molecule has 0 bridgehead atoms. The molecule has 0 aromatic carbocycles. The molecule has 1 fully saturated rings. The number of ether oxygens (including phenoxy) is 1. The number of hydrogen-bond donors (Lipinski definition) is 0. The smallest absolute Gasteiger partial charge is 0.311 e. The molecule has 2 aromatic rings. The molecule has 1 saturated carbocycles. The second-order valence-electron chi connectivity index (χ2n) is 6.70. The Labute approximate surface area is 144 Å². The average molecular weight is 351 g/mol. The monoisotopic (exact) mass is 351 g/mol. The minimum Gasteiger partial charge on any atom is -0.469 e. The summed E-state index contributed by atoms with van der Waals surface area (Å²) in [5.74, 6) is 0.585. The Morgan fingerprint density at radius 3 is 2.78 bits per heavy atom. The number of methoxy groups -OCH3 is 1. The third kappa shape index (κ3) is 3.77. The van der Waals surface area contributed by atoms with Gasteiger partial charge in [-0.25, -0.2) is 4.98 Å². The molecule has 124 valence electrons. The molecule has 23 heavy (non-hydrogen) atoms. The van der Waals surface area contributed by atoms with Crippen LogP contribution in [0.1, 0.15) is 43.8 Å². The molecule has 1 aliphatic carbocycles. The first kappa shape index (κ1) is 16.5. The first-order valence-electron chi connectivity index (χ1n) is 7.83. The van der Waals surface area contributed by atoms with Gasteiger partial charge in [0, 0.05) is 11.8 Å². The van der Waals surface area contributed by atoms with Crippen LogP contribution in [0.15, 0.2) is 5.38 Å². The standard InChI is InChI=1S/C16H21N3O2S2/c1-16(2,15(20)21-3)8-12-18-19-14(23-12)13-17-11(9-22-13)7-10-5-4-6-10/h9-10H,4-8H2,1-3H3. The maximum absolute atomic E-state index is 11.8. The van der Waals surface area contributed by atoms with E-state index in [0.717, 1.165) is 27.4 Å². The van der Waals surface area contributed by atoms with Crippen LogP contribution in [0.2, 0.25) is 0 Å². The van der Waals surface area contributed by atoms with Crippen molar-refractivity contribution in [3.05, 3.63) is 16.1 Å². The summed E-state index contributed by atoms with van der Waals surface area (Å²) >= 11 is 3.14. The Morgan fingerprint density at radius 1 is 1.35 bits per heavy atom. The number of aromatic nitrogens is 3. The number of carbonyl (C=O) groups is 1. The topological polar surface area (TPSA) is 65.0 Å². The Bertz CT molecular complexity index is 689. The molecular formula is C16H21N3O2S2. The molecule has 0 unspecified atom stereocenters. The maximum Gasteiger partial charge on any atom is 0.311 e. The van der Waals surface area contributed by atoms with Gasteiger partial charge in [-0.3, -0.25) is 4.79 Å². The fourth-order valence-corrected chi connectivity index (χ4v) is 4.56. The van der Waals surface area contributed by atoms with Crippen molar-refractivity contribution in [2.45, 2.75) is 46.0 Å². The van der Waals surface area contributed by atoms with Gasteiger partial charge in [0.25, 0.3) is 0 Å². The van der Waals surface area contributed by atoms with E-state index in [-0.39, 0.29) is 5.97 Å². The Balaban J connectivity index is 1.68. The fraction of sp³-hybridized carbons (Fsp3) is 0.625. The summed E-state index contributed by atoms with van der Waals surface area (Å²) in [6.07, 6.45) is 5.63. The summed E-state index contributed by atoms with van der Waals surface area (Å²) in [7, 11) is 1.41. The summed E-state index contributed by atoms with van der Waals surface area (Å²) < 4.78 is 4.84. The van der Waals surface area contributed by atoms with Crippen molar-refractivity contribution in [1.82, 2.24) is 15.2 Å². The molecule has 1 aliphatic rings. The predicted molar refractivity (Wildman–Crippen MR) is 91.6 cm³/mol. The van der Waals surface area contributed by atoms with Crippen LogP contribution in [0.5, 0.6) is 0 Å². The van der Waals surface area contributed by atoms with Gasteiger partial charge >= 0.3 is 5.97 Å². The largest absolute Gasteiger partial charge is 0.469 e. The highest BCUT2D eigenvalue weighted by molar-refractivity contribution is 7.20. The first-order valence-corrected chi connectivity index (χ1v) is 9.53. The van der Waals surface area contributed by atoms with Crippen molar-refractivity contribution >= 4 is 28.6 Å². The van der Waals surface area contributed by atoms with Crippen LogP contribution < -0.4 is 0 Å². The quantitative estimate of drug-likeness (QED) is 0.742. The number of nitrogens with zero attached hydrogens (tertiary/aromatic N) is 3. The van der Waals surface area contributed by atoms with E-state index in [1.54, 1.807) is 11.3 Å². The van der Waals surface area contributed by atoms with E-state index in [1.807, 2.05) is 13.8 Å². The fourth-order valence-electron chi connectivity index (χ4n) is 2.63. The molecule has 2 aromatic heterocycles. The lowest BCUT2D eigenvalue weighted by atomic mass is 9.82. The van der Waals surface area contributed by atoms with Crippen LogP contribution in [-0.4, -0.2) is 28.3 Å². The van der Waals surface area contributed by atoms with Crippen LogP contribution in [-0.2, 0) is 22.4 Å². The highest BCUT2D eigenvalue weighted by atomic mass is 32.1. The summed E-state index contributed by atoms with van der Waals surface area (Å²) in [5.41, 5.74) is 0.574. The molecule has 0 N–H and O–H groups in total. The summed E-state index contributed by atoms with van der Waals surface area (Å²) in [4.78, 5) is 16.5. The van der Waals surface area contributed by atoms with E-state index < -0.39 is 5.41 Å². The second kappa shape index (κ2) is 6.65. The van der Waals surface area contributed by atoms with Gasteiger partial charge in [-0.1, -0.05) is 30.6 Å². The van der Waals surface area contributed by atoms with Gasteiger partial charge in [-0.2, -0.15) is 0 Å². The van der Waals surface area contributed by atoms with Crippen LogP contribution in [0, 0.1) is 11.3 Å². The van der Waals surface area contributed by atoms with Crippen molar-refractivity contribution in [1.29, 1.82) is 0 Å². The highest BCUT2D eigenvalue weighted by Crippen LogP contribution is 2.33. The molecule has 0 amide bonds. The summed E-state index contributed by atoms with van der Waals surface area (Å²) in [5, 5.41) is 13.2. The molecule has 5 nitrogen and oxygen atoms in total. The molecule has 0 atom stereocenters. The number of thiazole rings is 1. The third-order valence-electron chi connectivity index (χ3n) is 4.26. The van der Waals surface area contributed by atoms with Gasteiger partial charge < -0.3 is 4.74 Å². The van der Waals surface area contributed by atoms with Gasteiger partial charge in [0.15, 0.2) is 10.0 Å². The molecule has 0 aliphatic heterocycles. The van der Waals surface area contributed by atoms with E-state index in [2.05, 4.69) is 15.6 Å². The average Bonchev–Trinajstić information content (AvgIpc) is 3.10. The highest BCUT2D eigenvalue weighted by Gasteiger charge is 2.30. The van der Waals surface area contributed by atoms with Crippen LogP contribution in [0.3, 0.4) is 0 Å². The van der Waals surface area contributed by atoms with Crippen LogP contribution in [0.25, 0.3) is 10.0 Å². The lowest BCUT2D eigenvalue weighted by Crippen LogP contribution is -2.27. The number of hydrogen-bond acceptors (Lipinski definition) is 7. The summed E-state index contributed by atoms with van der Waals surface area (Å²) in [6.45, 7) is 3.72. The maximum atomic E-state index is 11.8. The van der Waals surface area contributed by atoms with Crippen molar-refractivity contribution in [2.75, 3.05) is 7.11 Å². The van der Waals surface area contributed by atoms with Crippen molar-refractivity contribution in [2.24, 2.45) is 11.3 Å². The first-order chi connectivity index (χ1) is 11.0. The summed E-state index contributed by atoms with van der Waals surface area (Å²) in [6, 6.07) is 0. The minimum atomic E-state index is -0.593. The lowest BCUT2D eigenvalue weighted by molar-refractivity contribution is -0.150. The Kier molecular flexibility index (Phi) is 4.77. The minimum absolute atomic E-state index is 0.230.